The van der Waals surface area contributed by atoms with Crippen LogP contribution in [0.15, 0.2) is 15.8 Å². The molecule has 0 aliphatic carbocycles. The van der Waals surface area contributed by atoms with Crippen molar-refractivity contribution in [2.45, 2.75) is 31.0 Å². The van der Waals surface area contributed by atoms with Gasteiger partial charge in [0.15, 0.2) is 6.23 Å². The molecule has 0 unspecified atom stereocenters. The molecule has 12 heteroatoms. The predicted octanol–water partition coefficient (Wildman–Crippen LogP) is -2.02. The van der Waals surface area contributed by atoms with Gasteiger partial charge in [0, 0.05) is 11.8 Å². The second-order valence-corrected chi connectivity index (χ2v) is 6.78. The quantitative estimate of drug-likeness (QED) is 0.449. The number of rotatable bonds is 4. The number of aliphatic hydroxyl groups excluding tert-OH is 1. The van der Waals surface area contributed by atoms with E-state index in [0.717, 1.165) is 4.57 Å². The van der Waals surface area contributed by atoms with E-state index in [9.17, 15) is 19.3 Å². The van der Waals surface area contributed by atoms with E-state index >= 15 is 0 Å². The molecule has 2 bridgehead atoms. The van der Waals surface area contributed by atoms with E-state index < -0.39 is 49.7 Å². The molecular weight excluding hydrogens is 335 g/mol. The number of ether oxygens (including phenoxy) is 2. The van der Waals surface area contributed by atoms with E-state index in [-0.39, 0.29) is 12.2 Å². The van der Waals surface area contributed by atoms with Gasteiger partial charge in [-0.25, -0.2) is 9.36 Å². The summed E-state index contributed by atoms with van der Waals surface area (Å²) in [4.78, 5) is 43.0. The number of H-pyrrole nitrogens is 1. The van der Waals surface area contributed by atoms with Crippen LogP contribution in [0.4, 0.5) is 0 Å². The topological polar surface area (TPSA) is 160 Å². The largest absolute Gasteiger partial charge is 0.469 e. The highest BCUT2D eigenvalue weighted by Gasteiger charge is 2.62. The van der Waals surface area contributed by atoms with Crippen molar-refractivity contribution >= 4 is 7.82 Å². The molecule has 3 heterocycles. The number of fused-ring (bicyclic) bond motifs is 2. The lowest BCUT2D eigenvalue weighted by atomic mass is 10.0. The Hall–Kier alpha value is -1.33. The van der Waals surface area contributed by atoms with Crippen molar-refractivity contribution in [3.63, 3.8) is 0 Å². The minimum atomic E-state index is -4.76. The molecule has 23 heavy (non-hydrogen) atoms. The van der Waals surface area contributed by atoms with Gasteiger partial charge in [0.1, 0.15) is 17.8 Å². The first-order valence-corrected chi connectivity index (χ1v) is 8.16. The van der Waals surface area contributed by atoms with Gasteiger partial charge in [0.2, 0.25) is 0 Å². The first-order valence-electron chi connectivity index (χ1n) is 6.63. The van der Waals surface area contributed by atoms with Crippen LogP contribution in [0.2, 0.25) is 0 Å². The number of hydrogen-bond acceptors (Lipinski definition) is 7. The molecule has 0 amide bonds. The van der Waals surface area contributed by atoms with Crippen molar-refractivity contribution in [2.24, 2.45) is 0 Å². The number of nitrogens with zero attached hydrogens (tertiary/aromatic N) is 1. The summed E-state index contributed by atoms with van der Waals surface area (Å²) in [6, 6.07) is 0. The summed E-state index contributed by atoms with van der Waals surface area (Å²) in [5, 5.41) is 10.3. The van der Waals surface area contributed by atoms with Gasteiger partial charge in [0.05, 0.1) is 13.2 Å². The summed E-state index contributed by atoms with van der Waals surface area (Å²) < 4.78 is 27.3. The molecule has 11 nitrogen and oxygen atoms in total. The maximum absolute atomic E-state index is 11.9. The maximum Gasteiger partial charge on any atom is 0.469 e. The second-order valence-electron chi connectivity index (χ2n) is 5.54. The molecule has 2 saturated heterocycles. The minimum Gasteiger partial charge on any atom is -0.387 e. The number of hydrogen-bond donors (Lipinski definition) is 4. The van der Waals surface area contributed by atoms with E-state index in [1.165, 1.54) is 13.1 Å². The Morgan fingerprint density at radius 3 is 2.87 bits per heavy atom. The molecule has 2 aliphatic rings. The van der Waals surface area contributed by atoms with Crippen LogP contribution in [0.5, 0.6) is 0 Å². The van der Waals surface area contributed by atoms with Crippen LogP contribution in [-0.2, 0) is 18.6 Å². The smallest absolute Gasteiger partial charge is 0.387 e. The van der Waals surface area contributed by atoms with E-state index in [1.54, 1.807) is 0 Å². The van der Waals surface area contributed by atoms with Crippen molar-refractivity contribution in [1.29, 1.82) is 0 Å². The SMILES string of the molecule is Cc1cn([C@@H]2O[C@@]3(COP(=O)(O)O)CO[C@@H]2[C@@H]3O)c(=O)[nH]c1=O. The Balaban J connectivity index is 1.91. The minimum absolute atomic E-state index is 0.146. The van der Waals surface area contributed by atoms with E-state index in [4.69, 9.17) is 19.3 Å². The molecule has 0 radical (unpaired) electrons. The van der Waals surface area contributed by atoms with Crippen molar-refractivity contribution < 1.29 is 33.5 Å². The maximum atomic E-state index is 11.9. The van der Waals surface area contributed by atoms with Gasteiger partial charge in [-0.1, -0.05) is 0 Å². The Morgan fingerprint density at radius 2 is 2.22 bits per heavy atom. The number of aliphatic hydroxyl groups is 1. The zero-order chi connectivity index (χ0) is 17.0. The highest BCUT2D eigenvalue weighted by Crippen LogP contribution is 2.47. The fourth-order valence-electron chi connectivity index (χ4n) is 2.71. The monoisotopic (exact) mass is 350 g/mol. The van der Waals surface area contributed by atoms with Crippen LogP contribution >= 0.6 is 7.82 Å². The summed E-state index contributed by atoms with van der Waals surface area (Å²) in [5.41, 5.74) is -2.54. The first kappa shape index (κ1) is 16.5. The number of nitrogens with one attached hydrogen (secondary N) is 1. The average molecular weight is 350 g/mol. The molecule has 1 aromatic rings. The highest BCUT2D eigenvalue weighted by molar-refractivity contribution is 7.46. The van der Waals surface area contributed by atoms with E-state index in [1.807, 2.05) is 0 Å². The average Bonchev–Trinajstić information content (AvgIpc) is 2.91. The normalized spacial score (nSPS) is 33.3. The number of aromatic amines is 1. The fraction of sp³-hybridized carbons (Fsp3) is 0.636. The van der Waals surface area contributed by atoms with Gasteiger partial charge < -0.3 is 24.4 Å². The molecule has 1 aromatic heterocycles. The molecule has 2 aliphatic heterocycles. The van der Waals surface area contributed by atoms with Crippen LogP contribution < -0.4 is 11.2 Å². The van der Waals surface area contributed by atoms with Gasteiger partial charge in [0.25, 0.3) is 5.56 Å². The van der Waals surface area contributed by atoms with E-state index in [0.29, 0.717) is 0 Å². The third kappa shape index (κ3) is 2.81. The van der Waals surface area contributed by atoms with Gasteiger partial charge in [-0.05, 0) is 6.92 Å². The third-order valence-corrected chi connectivity index (χ3v) is 4.37. The second kappa shape index (κ2) is 5.35. The molecule has 0 spiro atoms. The van der Waals surface area contributed by atoms with Crippen molar-refractivity contribution in [3.8, 4) is 0 Å². The molecule has 4 N–H and O–H groups in total. The van der Waals surface area contributed by atoms with Gasteiger partial charge in [-0.15, -0.1) is 0 Å². The van der Waals surface area contributed by atoms with Crippen molar-refractivity contribution in [1.82, 2.24) is 9.55 Å². The van der Waals surface area contributed by atoms with E-state index in [2.05, 4.69) is 9.51 Å². The van der Waals surface area contributed by atoms with Crippen LogP contribution in [-0.4, -0.2) is 55.5 Å². The summed E-state index contributed by atoms with van der Waals surface area (Å²) >= 11 is 0. The first-order chi connectivity index (χ1) is 10.6. The summed E-state index contributed by atoms with van der Waals surface area (Å²) in [6.07, 6.45) is -1.97. The number of phosphoric acid groups is 1. The molecule has 128 valence electrons. The Morgan fingerprint density at radius 1 is 1.52 bits per heavy atom. The molecule has 0 aromatic carbocycles. The molecule has 3 rings (SSSR count). The van der Waals surface area contributed by atoms with Crippen molar-refractivity contribution in [2.75, 3.05) is 13.2 Å². The summed E-state index contributed by atoms with van der Waals surface area (Å²) in [6.45, 7) is 0.737. The number of aromatic nitrogens is 2. The lowest BCUT2D eigenvalue weighted by Crippen LogP contribution is -2.45. The Bertz CT molecular complexity index is 782. The molecule has 2 fully saturated rings. The lowest BCUT2D eigenvalue weighted by molar-refractivity contribution is -0.186. The Labute approximate surface area is 128 Å². The summed E-state index contributed by atoms with van der Waals surface area (Å²) in [7, 11) is -4.76. The van der Waals surface area contributed by atoms with Gasteiger partial charge in [-0.2, -0.15) is 0 Å². The molecule has 0 saturated carbocycles. The number of aryl methyl sites for hydroxylation is 1. The Kier molecular flexibility index (Phi) is 3.84. The molecule has 4 atom stereocenters. The van der Waals surface area contributed by atoms with Crippen LogP contribution in [0.3, 0.4) is 0 Å². The predicted molar refractivity (Wildman–Crippen MR) is 72.7 cm³/mol. The third-order valence-electron chi connectivity index (χ3n) is 3.90. The zero-order valence-electron chi connectivity index (χ0n) is 11.9. The van der Waals surface area contributed by atoms with Crippen molar-refractivity contribution in [3.05, 3.63) is 32.6 Å². The summed E-state index contributed by atoms with van der Waals surface area (Å²) in [5.74, 6) is 0. The lowest BCUT2D eigenvalue weighted by Gasteiger charge is -2.30. The van der Waals surface area contributed by atoms with Crippen LogP contribution in [0.25, 0.3) is 0 Å². The highest BCUT2D eigenvalue weighted by atomic mass is 31.2. The standard InChI is InChI=1S/C11H15N2O9P/c1-5-2-13(10(16)12-8(5)15)9-6-7(14)11(22-9,3-20-6)4-21-23(17,18)19/h2,6-7,9,14H,3-4H2,1H3,(H,12,15,16)(H2,17,18,19)/t6-,7+,9-,11-/m1/s1. The zero-order valence-corrected chi connectivity index (χ0v) is 12.8. The van der Waals surface area contributed by atoms with Gasteiger partial charge in [-0.3, -0.25) is 18.9 Å². The van der Waals surface area contributed by atoms with Gasteiger partial charge >= 0.3 is 13.5 Å². The number of phosphoric ester groups is 1. The molecular formula is C11H15N2O9P. The fourth-order valence-corrected chi connectivity index (χ4v) is 3.09. The van der Waals surface area contributed by atoms with Crippen LogP contribution in [0, 0.1) is 6.92 Å². The van der Waals surface area contributed by atoms with Crippen LogP contribution in [0.1, 0.15) is 11.8 Å².